The van der Waals surface area contributed by atoms with Crippen LogP contribution >= 0.6 is 11.6 Å². The van der Waals surface area contributed by atoms with Gasteiger partial charge in [0.15, 0.2) is 0 Å². The van der Waals surface area contributed by atoms with Crippen molar-refractivity contribution in [2.75, 3.05) is 13.7 Å². The normalized spacial score (nSPS) is 16.6. The van der Waals surface area contributed by atoms with E-state index in [4.69, 9.17) is 30.9 Å². The summed E-state index contributed by atoms with van der Waals surface area (Å²) in [5.74, 6) is 1.29. The van der Waals surface area contributed by atoms with Gasteiger partial charge < -0.3 is 24.2 Å². The fourth-order valence-corrected chi connectivity index (χ4v) is 4.86. The van der Waals surface area contributed by atoms with E-state index in [0.717, 1.165) is 12.8 Å². The molecule has 0 saturated carbocycles. The topological polar surface area (TPSA) is 85.3 Å². The molecule has 1 amide bonds. The highest BCUT2D eigenvalue weighted by molar-refractivity contribution is 6.32. The average molecular weight is 494 g/mol. The maximum absolute atomic E-state index is 13.1. The second-order valence-corrected chi connectivity index (χ2v) is 9.11. The van der Waals surface area contributed by atoms with Crippen molar-refractivity contribution in [2.45, 2.75) is 31.4 Å². The van der Waals surface area contributed by atoms with Gasteiger partial charge in [-0.3, -0.25) is 4.79 Å². The molecular formula is C27H24ClNO6. The smallest absolute Gasteiger partial charge is 0.493 e. The van der Waals surface area contributed by atoms with E-state index < -0.39 is 12.3 Å². The molecule has 0 aromatic heterocycles. The minimum Gasteiger partial charge on any atom is -0.493 e. The minimum absolute atomic E-state index is 0.0426. The van der Waals surface area contributed by atoms with Crippen molar-refractivity contribution in [3.8, 4) is 17.2 Å². The van der Waals surface area contributed by atoms with Gasteiger partial charge in [-0.1, -0.05) is 35.9 Å². The first kappa shape index (κ1) is 23.1. The summed E-state index contributed by atoms with van der Waals surface area (Å²) in [7, 11) is 1.84. The van der Waals surface area contributed by atoms with E-state index in [1.54, 1.807) is 36.4 Å². The number of rotatable bonds is 5. The summed E-state index contributed by atoms with van der Waals surface area (Å²) in [5, 5.41) is 9.26. The predicted octanol–water partition coefficient (Wildman–Crippen LogP) is 5.89. The molecule has 3 aromatic rings. The summed E-state index contributed by atoms with van der Waals surface area (Å²) in [6, 6.07) is 18.6. The molecule has 180 valence electrons. The molecular weight excluding hydrogens is 470 g/mol. The van der Waals surface area contributed by atoms with E-state index in [0.29, 0.717) is 46.4 Å². The molecule has 7 nitrogen and oxygen atoms in total. The third-order valence-electron chi connectivity index (χ3n) is 6.52. The third-order valence-corrected chi connectivity index (χ3v) is 6.81. The molecule has 0 saturated heterocycles. The number of carbonyl (C=O) groups excluding carboxylic acids is 1. The SMILES string of the molecule is CN(C(=O)c1ccc(Oc2cc3c(cc2Cl)C(OC(=O)O)CCO3)cc1)C1Cc2ccccc2C1. The summed E-state index contributed by atoms with van der Waals surface area (Å²) in [5.41, 5.74) is 3.73. The molecule has 0 radical (unpaired) electrons. The Morgan fingerprint density at radius 3 is 2.40 bits per heavy atom. The molecule has 1 atom stereocenters. The number of hydrogen-bond acceptors (Lipinski definition) is 5. The van der Waals surface area contributed by atoms with E-state index in [1.165, 1.54) is 11.1 Å². The van der Waals surface area contributed by atoms with Gasteiger partial charge in [0, 0.05) is 36.7 Å². The number of hydrogen-bond donors (Lipinski definition) is 1. The number of fused-ring (bicyclic) bond motifs is 2. The highest BCUT2D eigenvalue weighted by Gasteiger charge is 2.29. The first-order valence-corrected chi connectivity index (χ1v) is 11.7. The molecule has 5 rings (SSSR count). The Morgan fingerprint density at radius 1 is 1.06 bits per heavy atom. The van der Waals surface area contributed by atoms with E-state index in [2.05, 4.69) is 12.1 Å². The Hall–Kier alpha value is -3.71. The van der Waals surface area contributed by atoms with Gasteiger partial charge in [-0.05, 0) is 54.3 Å². The van der Waals surface area contributed by atoms with Gasteiger partial charge in [0.2, 0.25) is 0 Å². The van der Waals surface area contributed by atoms with Crippen molar-refractivity contribution < 1.29 is 28.9 Å². The molecule has 0 spiro atoms. The summed E-state index contributed by atoms with van der Waals surface area (Å²) in [6.45, 7) is 0.322. The van der Waals surface area contributed by atoms with Crippen LogP contribution in [0.2, 0.25) is 5.02 Å². The Balaban J connectivity index is 1.27. The number of benzene rings is 3. The number of carbonyl (C=O) groups is 2. The molecule has 1 aliphatic carbocycles. The highest BCUT2D eigenvalue weighted by atomic mass is 35.5. The lowest BCUT2D eigenvalue weighted by Gasteiger charge is -2.25. The van der Waals surface area contributed by atoms with Crippen LogP contribution in [0.1, 0.15) is 39.6 Å². The van der Waals surface area contributed by atoms with E-state index in [-0.39, 0.29) is 11.9 Å². The fourth-order valence-electron chi connectivity index (χ4n) is 4.65. The van der Waals surface area contributed by atoms with E-state index in [1.807, 2.05) is 24.1 Å². The lowest BCUT2D eigenvalue weighted by atomic mass is 10.0. The number of nitrogens with zero attached hydrogens (tertiary/aromatic N) is 1. The summed E-state index contributed by atoms with van der Waals surface area (Å²) in [6.07, 6.45) is 0.135. The van der Waals surface area contributed by atoms with Gasteiger partial charge in [-0.2, -0.15) is 0 Å². The zero-order chi connectivity index (χ0) is 24.5. The zero-order valence-electron chi connectivity index (χ0n) is 19.1. The van der Waals surface area contributed by atoms with Gasteiger partial charge in [-0.15, -0.1) is 0 Å². The monoisotopic (exact) mass is 493 g/mol. The highest BCUT2D eigenvalue weighted by Crippen LogP contribution is 2.42. The van der Waals surface area contributed by atoms with Crippen molar-refractivity contribution in [3.63, 3.8) is 0 Å². The number of likely N-dealkylation sites (N-methyl/N-ethyl adjacent to an activating group) is 1. The summed E-state index contributed by atoms with van der Waals surface area (Å²) >= 11 is 6.40. The Morgan fingerprint density at radius 2 is 1.74 bits per heavy atom. The Bertz CT molecular complexity index is 1250. The number of amides is 1. The van der Waals surface area contributed by atoms with Crippen molar-refractivity contribution in [2.24, 2.45) is 0 Å². The van der Waals surface area contributed by atoms with Crippen molar-refractivity contribution in [3.05, 3.63) is 87.9 Å². The van der Waals surface area contributed by atoms with Crippen LogP contribution in [0.3, 0.4) is 0 Å². The lowest BCUT2D eigenvalue weighted by molar-refractivity contribution is 0.0326. The number of halogens is 1. The van der Waals surface area contributed by atoms with Gasteiger partial charge >= 0.3 is 6.16 Å². The molecule has 1 N–H and O–H groups in total. The molecule has 0 bridgehead atoms. The van der Waals surface area contributed by atoms with Crippen LogP contribution in [0.15, 0.2) is 60.7 Å². The minimum atomic E-state index is -1.35. The van der Waals surface area contributed by atoms with Crippen LogP contribution in [0.5, 0.6) is 17.2 Å². The van der Waals surface area contributed by atoms with Gasteiger partial charge in [0.05, 0.1) is 11.6 Å². The van der Waals surface area contributed by atoms with Crippen LogP contribution in [-0.2, 0) is 17.6 Å². The zero-order valence-corrected chi connectivity index (χ0v) is 19.8. The maximum atomic E-state index is 13.1. The molecule has 3 aromatic carbocycles. The number of ether oxygens (including phenoxy) is 3. The van der Waals surface area contributed by atoms with Crippen LogP contribution in [0.25, 0.3) is 0 Å². The van der Waals surface area contributed by atoms with Crippen LogP contribution < -0.4 is 9.47 Å². The standard InChI is InChI=1S/C27H24ClNO6/c1-29(19-12-17-4-2-3-5-18(17)13-19)26(30)16-6-8-20(9-7-16)34-25-15-24-21(14-22(25)28)23(10-11-33-24)35-27(31)32/h2-9,14-15,19,23H,10-13H2,1H3,(H,31,32). The van der Waals surface area contributed by atoms with Crippen LogP contribution in [0.4, 0.5) is 4.79 Å². The first-order chi connectivity index (χ1) is 16.9. The van der Waals surface area contributed by atoms with Crippen LogP contribution in [0, 0.1) is 0 Å². The molecule has 0 fully saturated rings. The van der Waals surface area contributed by atoms with Gasteiger partial charge in [0.1, 0.15) is 23.4 Å². The Labute approximate surface area is 207 Å². The van der Waals surface area contributed by atoms with Crippen molar-refractivity contribution in [1.29, 1.82) is 0 Å². The summed E-state index contributed by atoms with van der Waals surface area (Å²) in [4.78, 5) is 25.8. The Kier molecular flexibility index (Phi) is 6.26. The fraction of sp³-hybridized carbons (Fsp3) is 0.259. The molecule has 2 aliphatic rings. The summed E-state index contributed by atoms with van der Waals surface area (Å²) < 4.78 is 16.5. The van der Waals surface area contributed by atoms with Crippen LogP contribution in [-0.4, -0.2) is 41.8 Å². The van der Waals surface area contributed by atoms with E-state index >= 15 is 0 Å². The van der Waals surface area contributed by atoms with Gasteiger partial charge in [-0.25, -0.2) is 4.79 Å². The first-order valence-electron chi connectivity index (χ1n) is 11.4. The quantitative estimate of drug-likeness (QED) is 0.446. The molecule has 1 heterocycles. The maximum Gasteiger partial charge on any atom is 0.506 e. The second kappa shape index (κ2) is 9.50. The van der Waals surface area contributed by atoms with Crippen molar-refractivity contribution >= 4 is 23.7 Å². The van der Waals surface area contributed by atoms with E-state index in [9.17, 15) is 9.59 Å². The molecule has 35 heavy (non-hydrogen) atoms. The average Bonchev–Trinajstić information content (AvgIpc) is 3.29. The number of carboxylic acid groups (broad SMARTS) is 1. The third kappa shape index (κ3) is 4.77. The second-order valence-electron chi connectivity index (χ2n) is 8.70. The van der Waals surface area contributed by atoms with Gasteiger partial charge in [0.25, 0.3) is 5.91 Å². The molecule has 1 unspecified atom stereocenters. The lowest BCUT2D eigenvalue weighted by Crippen LogP contribution is -2.37. The molecule has 1 aliphatic heterocycles. The van der Waals surface area contributed by atoms with Crippen molar-refractivity contribution in [1.82, 2.24) is 4.90 Å². The molecule has 8 heteroatoms. The largest absolute Gasteiger partial charge is 0.506 e. The predicted molar refractivity (Wildman–Crippen MR) is 130 cm³/mol.